The summed E-state index contributed by atoms with van der Waals surface area (Å²) in [5.41, 5.74) is 1.53. The highest BCUT2D eigenvalue weighted by atomic mass is 16.2. The Bertz CT molecular complexity index is 525. The third kappa shape index (κ3) is 4.05. The van der Waals surface area contributed by atoms with Gasteiger partial charge in [0.15, 0.2) is 0 Å². The highest BCUT2D eigenvalue weighted by Crippen LogP contribution is 2.47. The largest absolute Gasteiger partial charge is 0.338 e. The minimum atomic E-state index is -0.0183. The smallest absolute Gasteiger partial charge is 0.314 e. The van der Waals surface area contributed by atoms with Crippen molar-refractivity contribution in [2.24, 2.45) is 5.92 Å². The number of rotatable bonds is 6. The number of nitrogens with zero attached hydrogens (tertiary/aromatic N) is 1. The molecule has 3 rings (SSSR count). The first-order valence-electron chi connectivity index (χ1n) is 8.90. The van der Waals surface area contributed by atoms with Crippen LogP contribution >= 0.6 is 0 Å². The predicted octanol–water partition coefficient (Wildman–Crippen LogP) is 2.75. The van der Waals surface area contributed by atoms with Crippen LogP contribution in [0.1, 0.15) is 38.7 Å². The van der Waals surface area contributed by atoms with Gasteiger partial charge in [-0.15, -0.1) is 0 Å². The van der Waals surface area contributed by atoms with Crippen molar-refractivity contribution in [3.8, 4) is 0 Å². The van der Waals surface area contributed by atoms with Crippen LogP contribution in [0.3, 0.4) is 0 Å². The van der Waals surface area contributed by atoms with Crippen LogP contribution in [-0.4, -0.2) is 43.2 Å². The Hall–Kier alpha value is -1.55. The third-order valence-electron chi connectivity index (χ3n) is 5.43. The molecule has 1 aromatic rings. The normalized spacial score (nSPS) is 23.0. The number of carbonyl (C=O) groups excluding carboxylic acids is 1. The molecule has 1 atom stereocenters. The molecule has 23 heavy (non-hydrogen) atoms. The van der Waals surface area contributed by atoms with Gasteiger partial charge in [0.25, 0.3) is 0 Å². The van der Waals surface area contributed by atoms with E-state index in [4.69, 9.17) is 0 Å². The Morgan fingerprint density at radius 2 is 2.00 bits per heavy atom. The Morgan fingerprint density at radius 3 is 2.61 bits per heavy atom. The molecule has 1 unspecified atom stereocenters. The first kappa shape index (κ1) is 16.3. The van der Waals surface area contributed by atoms with Crippen molar-refractivity contribution in [1.82, 2.24) is 15.5 Å². The lowest BCUT2D eigenvalue weighted by molar-refractivity contribution is 0.236. The van der Waals surface area contributed by atoms with Crippen LogP contribution in [0.25, 0.3) is 0 Å². The molecule has 1 heterocycles. The Balaban J connectivity index is 1.39. The van der Waals surface area contributed by atoms with Crippen molar-refractivity contribution >= 4 is 6.03 Å². The average Bonchev–Trinajstić information content (AvgIpc) is 3.20. The summed E-state index contributed by atoms with van der Waals surface area (Å²) in [6.45, 7) is 8.26. The molecule has 126 valence electrons. The van der Waals surface area contributed by atoms with Gasteiger partial charge in [-0.1, -0.05) is 30.3 Å². The van der Waals surface area contributed by atoms with Crippen molar-refractivity contribution in [1.29, 1.82) is 0 Å². The highest BCUT2D eigenvalue weighted by Gasteiger charge is 2.44. The molecule has 1 aliphatic heterocycles. The summed E-state index contributed by atoms with van der Waals surface area (Å²) >= 11 is 0. The summed E-state index contributed by atoms with van der Waals surface area (Å²) in [5, 5.41) is 6.14. The summed E-state index contributed by atoms with van der Waals surface area (Å²) < 4.78 is 0. The zero-order valence-corrected chi connectivity index (χ0v) is 14.3. The minimum absolute atomic E-state index is 0.0183. The van der Waals surface area contributed by atoms with Gasteiger partial charge in [-0.05, 0) is 51.1 Å². The van der Waals surface area contributed by atoms with Crippen LogP contribution in [0.15, 0.2) is 30.3 Å². The number of nitrogens with one attached hydrogen (secondary N) is 2. The summed E-state index contributed by atoms with van der Waals surface area (Å²) in [4.78, 5) is 14.6. The summed E-state index contributed by atoms with van der Waals surface area (Å²) in [5.74, 6) is 0.590. The van der Waals surface area contributed by atoms with Gasteiger partial charge in [-0.25, -0.2) is 4.79 Å². The second kappa shape index (κ2) is 6.91. The summed E-state index contributed by atoms with van der Waals surface area (Å²) in [6, 6.07) is 11.1. The van der Waals surface area contributed by atoms with Gasteiger partial charge in [-0.3, -0.25) is 0 Å². The van der Waals surface area contributed by atoms with Crippen LogP contribution in [-0.2, 0) is 5.41 Å². The van der Waals surface area contributed by atoms with E-state index in [0.717, 1.165) is 26.2 Å². The molecular weight excluding hydrogens is 286 g/mol. The van der Waals surface area contributed by atoms with E-state index < -0.39 is 0 Å². The molecule has 1 saturated heterocycles. The van der Waals surface area contributed by atoms with Crippen LogP contribution in [0.4, 0.5) is 4.79 Å². The van der Waals surface area contributed by atoms with Crippen LogP contribution < -0.4 is 10.6 Å². The van der Waals surface area contributed by atoms with Gasteiger partial charge in [-0.2, -0.15) is 0 Å². The molecule has 2 N–H and O–H groups in total. The number of urea groups is 1. The van der Waals surface area contributed by atoms with Gasteiger partial charge in [0.2, 0.25) is 0 Å². The minimum Gasteiger partial charge on any atom is -0.338 e. The molecule has 1 aliphatic carbocycles. The second-order valence-electron chi connectivity index (χ2n) is 7.45. The monoisotopic (exact) mass is 315 g/mol. The summed E-state index contributed by atoms with van der Waals surface area (Å²) in [6.07, 6.45) is 3.53. The maximum Gasteiger partial charge on any atom is 0.314 e. The number of hydrogen-bond donors (Lipinski definition) is 2. The zero-order valence-electron chi connectivity index (χ0n) is 14.3. The summed E-state index contributed by atoms with van der Waals surface area (Å²) in [7, 11) is 0. The topological polar surface area (TPSA) is 44.4 Å². The number of hydrogen-bond acceptors (Lipinski definition) is 2. The molecular formula is C19H29N3O. The van der Waals surface area contributed by atoms with Gasteiger partial charge >= 0.3 is 6.03 Å². The van der Waals surface area contributed by atoms with Crippen molar-refractivity contribution in [3.63, 3.8) is 0 Å². The third-order valence-corrected chi connectivity index (χ3v) is 5.43. The second-order valence-corrected chi connectivity index (χ2v) is 7.45. The van der Waals surface area contributed by atoms with E-state index in [1.807, 2.05) is 6.07 Å². The molecule has 4 heteroatoms. The lowest BCUT2D eigenvalue weighted by Crippen LogP contribution is -2.42. The molecule has 4 nitrogen and oxygen atoms in total. The van der Waals surface area contributed by atoms with E-state index in [9.17, 15) is 4.79 Å². The first-order valence-corrected chi connectivity index (χ1v) is 8.90. The SMILES string of the molecule is CC(C)N1CCC(CNC(=O)NCC2(c3ccccc3)CC2)C1. The fraction of sp³-hybridized carbons (Fsp3) is 0.632. The fourth-order valence-corrected chi connectivity index (χ4v) is 3.56. The molecule has 0 radical (unpaired) electrons. The Kier molecular flexibility index (Phi) is 4.90. The van der Waals surface area contributed by atoms with E-state index in [0.29, 0.717) is 12.0 Å². The molecule has 2 amide bonds. The number of amides is 2. The molecule has 2 fully saturated rings. The van der Waals surface area contributed by atoms with Gasteiger partial charge in [0.1, 0.15) is 0 Å². The standard InChI is InChI=1S/C19H29N3O/c1-15(2)22-11-8-16(13-22)12-20-18(23)21-14-19(9-10-19)17-6-4-3-5-7-17/h3-7,15-16H,8-14H2,1-2H3,(H2,20,21,23). The molecule has 1 saturated carbocycles. The van der Waals surface area contributed by atoms with Crippen molar-refractivity contribution in [2.75, 3.05) is 26.2 Å². The number of benzene rings is 1. The van der Waals surface area contributed by atoms with Crippen molar-refractivity contribution in [2.45, 2.75) is 44.6 Å². The van der Waals surface area contributed by atoms with Crippen molar-refractivity contribution in [3.05, 3.63) is 35.9 Å². The highest BCUT2D eigenvalue weighted by molar-refractivity contribution is 5.74. The predicted molar refractivity (Wildman–Crippen MR) is 93.6 cm³/mol. The lowest BCUT2D eigenvalue weighted by Gasteiger charge is -2.20. The molecule has 2 aliphatic rings. The van der Waals surface area contributed by atoms with E-state index in [1.54, 1.807) is 0 Å². The van der Waals surface area contributed by atoms with Crippen molar-refractivity contribution < 1.29 is 4.79 Å². The maximum atomic E-state index is 12.1. The molecule has 0 aromatic heterocycles. The van der Waals surface area contributed by atoms with E-state index in [1.165, 1.54) is 24.8 Å². The first-order chi connectivity index (χ1) is 11.1. The van der Waals surface area contributed by atoms with E-state index in [2.05, 4.69) is 53.6 Å². The molecule has 0 spiro atoms. The fourth-order valence-electron chi connectivity index (χ4n) is 3.56. The number of carbonyl (C=O) groups is 1. The Labute approximate surface area is 139 Å². The molecule has 0 bridgehead atoms. The quantitative estimate of drug-likeness (QED) is 0.848. The average molecular weight is 315 g/mol. The van der Waals surface area contributed by atoms with Crippen LogP contribution in [0.5, 0.6) is 0 Å². The van der Waals surface area contributed by atoms with Gasteiger partial charge in [0, 0.05) is 31.1 Å². The number of likely N-dealkylation sites (tertiary alicyclic amines) is 1. The van der Waals surface area contributed by atoms with Crippen LogP contribution in [0, 0.1) is 5.92 Å². The lowest BCUT2D eigenvalue weighted by atomic mass is 9.96. The zero-order chi connectivity index (χ0) is 16.3. The maximum absolute atomic E-state index is 12.1. The molecule has 1 aromatic carbocycles. The van der Waals surface area contributed by atoms with Gasteiger partial charge in [0.05, 0.1) is 0 Å². The van der Waals surface area contributed by atoms with E-state index in [-0.39, 0.29) is 11.4 Å². The van der Waals surface area contributed by atoms with E-state index >= 15 is 0 Å². The Morgan fingerprint density at radius 1 is 1.26 bits per heavy atom. The van der Waals surface area contributed by atoms with Crippen LogP contribution in [0.2, 0.25) is 0 Å². The van der Waals surface area contributed by atoms with Gasteiger partial charge < -0.3 is 15.5 Å².